The Morgan fingerprint density at radius 2 is 1.80 bits per heavy atom. The number of aliphatic hydroxyl groups is 3. The van der Waals surface area contributed by atoms with Gasteiger partial charge in [-0.1, -0.05) is 18.2 Å². The van der Waals surface area contributed by atoms with Crippen LogP contribution in [0.4, 0.5) is 5.69 Å². The topological polar surface area (TPSA) is 165 Å². The van der Waals surface area contributed by atoms with E-state index >= 15 is 0 Å². The van der Waals surface area contributed by atoms with E-state index in [0.717, 1.165) is 35.1 Å². The average molecular weight is 570 g/mol. The predicted octanol–water partition coefficient (Wildman–Crippen LogP) is 1.59. The van der Waals surface area contributed by atoms with E-state index in [0.29, 0.717) is 19.0 Å². The van der Waals surface area contributed by atoms with Gasteiger partial charge in [-0.05, 0) is 48.0 Å². The van der Waals surface area contributed by atoms with Crippen LogP contribution in [0, 0.1) is 11.3 Å². The first kappa shape index (κ1) is 28.3. The average Bonchev–Trinajstić information content (AvgIpc) is 3.46. The van der Waals surface area contributed by atoms with Gasteiger partial charge >= 0.3 is 0 Å². The number of morpholine rings is 1. The van der Waals surface area contributed by atoms with Gasteiger partial charge in [0.25, 0.3) is 10.0 Å². The molecule has 1 aromatic heterocycles. The molecule has 2 fully saturated rings. The molecule has 12 heteroatoms. The lowest BCUT2D eigenvalue weighted by molar-refractivity contribution is -0.158. The van der Waals surface area contributed by atoms with Crippen LogP contribution in [0.3, 0.4) is 0 Å². The van der Waals surface area contributed by atoms with Crippen LogP contribution in [0.2, 0.25) is 0 Å². The molecular weight excluding hydrogens is 538 g/mol. The van der Waals surface area contributed by atoms with Crippen LogP contribution in [0.15, 0.2) is 57.9 Å². The Labute approximate surface area is 231 Å². The van der Waals surface area contributed by atoms with Crippen LogP contribution < -0.4 is 9.62 Å². The zero-order valence-electron chi connectivity index (χ0n) is 21.9. The number of anilines is 1. The van der Waals surface area contributed by atoms with Crippen molar-refractivity contribution in [3.8, 4) is 17.4 Å². The van der Waals surface area contributed by atoms with Crippen molar-refractivity contribution in [3.05, 3.63) is 59.2 Å². The lowest BCUT2D eigenvalue weighted by atomic mass is 9.99. The second kappa shape index (κ2) is 11.7. The van der Waals surface area contributed by atoms with Gasteiger partial charge in [0, 0.05) is 29.9 Å². The number of hydrogen-bond donors (Lipinski definition) is 4. The Balaban J connectivity index is 1.36. The molecule has 212 valence electrons. The molecule has 0 radical (unpaired) electrons. The summed E-state index contributed by atoms with van der Waals surface area (Å²) in [5.74, 6) is 0.700. The van der Waals surface area contributed by atoms with Crippen molar-refractivity contribution in [2.45, 2.75) is 31.3 Å². The molecule has 2 aliphatic heterocycles. The van der Waals surface area contributed by atoms with Crippen LogP contribution in [-0.2, 0) is 19.5 Å². The van der Waals surface area contributed by atoms with E-state index in [1.807, 2.05) is 24.3 Å². The zero-order valence-corrected chi connectivity index (χ0v) is 22.7. The number of fused-ring (bicyclic) bond motifs is 1. The van der Waals surface area contributed by atoms with E-state index in [4.69, 9.17) is 13.9 Å². The van der Waals surface area contributed by atoms with Crippen molar-refractivity contribution in [1.82, 2.24) is 4.72 Å². The molecule has 0 unspecified atom stereocenters. The van der Waals surface area contributed by atoms with Crippen molar-refractivity contribution < 1.29 is 37.6 Å². The van der Waals surface area contributed by atoms with Gasteiger partial charge in [0.05, 0.1) is 32.5 Å². The van der Waals surface area contributed by atoms with Gasteiger partial charge in [-0.3, -0.25) is 0 Å². The first-order valence-corrected chi connectivity index (χ1v) is 14.4. The highest BCUT2D eigenvalue weighted by Crippen LogP contribution is 2.32. The standard InChI is InChI=1S/C28H31N3O8S/c1-17(26(14-29)40(35,36)30-22-16-38-25(15-32)28(34)27(22)33)23-6-7-24(39-23)20-3-2-19-13-21(5-4-18(19)12-20)31-8-10-37-11-9-31/h2-7,12-13,22,25,27-28,30,32-34H,8-11,15-16H2,1H3/b26-17+/t22-,25+,27+,28+/m0/s1. The molecule has 0 aliphatic carbocycles. The lowest BCUT2D eigenvalue weighted by Gasteiger charge is -2.36. The number of aliphatic hydroxyl groups excluding tert-OH is 3. The van der Waals surface area contributed by atoms with Crippen LogP contribution in [0.1, 0.15) is 12.7 Å². The fourth-order valence-corrected chi connectivity index (χ4v) is 6.31. The van der Waals surface area contributed by atoms with Crippen LogP contribution in [-0.4, -0.2) is 87.6 Å². The number of sulfonamides is 1. The summed E-state index contributed by atoms with van der Waals surface area (Å²) in [6.45, 7) is 3.75. The highest BCUT2D eigenvalue weighted by molar-refractivity contribution is 7.93. The molecule has 4 N–H and O–H groups in total. The van der Waals surface area contributed by atoms with Crippen molar-refractivity contribution in [2.24, 2.45) is 0 Å². The molecule has 5 rings (SSSR count). The number of hydrogen-bond acceptors (Lipinski definition) is 10. The smallest absolute Gasteiger partial charge is 0.251 e. The minimum absolute atomic E-state index is 0.0807. The largest absolute Gasteiger partial charge is 0.456 e. The second-order valence-electron chi connectivity index (χ2n) is 9.84. The Morgan fingerprint density at radius 3 is 2.52 bits per heavy atom. The SMILES string of the molecule is C/C(=C(/C#N)S(=O)(=O)N[C@H]1CO[C@H](CO)[C@@H](O)[C@@H]1O)c1ccc(-c2ccc3cc(N4CCOCC4)ccc3c2)o1. The summed E-state index contributed by atoms with van der Waals surface area (Å²) in [7, 11) is -4.41. The number of ether oxygens (including phenoxy) is 2. The van der Waals surface area contributed by atoms with Gasteiger partial charge in [-0.25, -0.2) is 13.1 Å². The van der Waals surface area contributed by atoms with Crippen molar-refractivity contribution in [2.75, 3.05) is 44.4 Å². The van der Waals surface area contributed by atoms with Crippen molar-refractivity contribution in [1.29, 1.82) is 5.26 Å². The second-order valence-corrected chi connectivity index (χ2v) is 11.5. The van der Waals surface area contributed by atoms with E-state index in [2.05, 4.69) is 21.8 Å². The Kier molecular flexibility index (Phi) is 8.25. The summed E-state index contributed by atoms with van der Waals surface area (Å²) in [4.78, 5) is 1.70. The number of benzene rings is 2. The first-order valence-electron chi connectivity index (χ1n) is 12.9. The minimum Gasteiger partial charge on any atom is -0.456 e. The summed E-state index contributed by atoms with van der Waals surface area (Å²) >= 11 is 0. The summed E-state index contributed by atoms with van der Waals surface area (Å²) in [5, 5.41) is 41.4. The Morgan fingerprint density at radius 1 is 1.07 bits per heavy atom. The summed E-state index contributed by atoms with van der Waals surface area (Å²) in [6.07, 6.45) is -4.07. The van der Waals surface area contributed by atoms with E-state index in [9.17, 15) is 29.0 Å². The molecule has 2 saturated heterocycles. The number of allylic oxidation sites excluding steroid dienone is 2. The fraction of sp³-hybridized carbons (Fsp3) is 0.393. The van der Waals surface area contributed by atoms with Gasteiger partial charge in [-0.15, -0.1) is 0 Å². The third kappa shape index (κ3) is 5.63. The number of rotatable bonds is 7. The molecule has 2 aliphatic rings. The van der Waals surface area contributed by atoms with Gasteiger partial charge in [0.1, 0.15) is 35.9 Å². The monoisotopic (exact) mass is 569 g/mol. The summed E-state index contributed by atoms with van der Waals surface area (Å²) in [5.41, 5.74) is 2.01. The molecule has 3 aromatic rings. The van der Waals surface area contributed by atoms with Crippen LogP contribution in [0.25, 0.3) is 27.7 Å². The normalized spacial score (nSPS) is 24.5. The lowest BCUT2D eigenvalue weighted by Crippen LogP contribution is -2.59. The molecule has 0 spiro atoms. The molecule has 40 heavy (non-hydrogen) atoms. The van der Waals surface area contributed by atoms with Crippen LogP contribution in [0.5, 0.6) is 0 Å². The molecule has 11 nitrogen and oxygen atoms in total. The molecule has 3 heterocycles. The van der Waals surface area contributed by atoms with E-state index in [1.165, 1.54) is 6.92 Å². The quantitative estimate of drug-likeness (QED) is 0.307. The Hall–Kier alpha value is -3.28. The number of furan rings is 1. The summed E-state index contributed by atoms with van der Waals surface area (Å²) in [6, 6.07) is 16.0. The number of nitrogens with zero attached hydrogens (tertiary/aromatic N) is 2. The van der Waals surface area contributed by atoms with E-state index in [1.54, 1.807) is 18.2 Å². The van der Waals surface area contributed by atoms with Gasteiger partial charge in [0.2, 0.25) is 0 Å². The van der Waals surface area contributed by atoms with Crippen molar-refractivity contribution in [3.63, 3.8) is 0 Å². The van der Waals surface area contributed by atoms with Crippen LogP contribution >= 0.6 is 0 Å². The van der Waals surface area contributed by atoms with Gasteiger partial charge in [0.15, 0.2) is 4.91 Å². The third-order valence-electron chi connectivity index (χ3n) is 7.29. The predicted molar refractivity (Wildman–Crippen MR) is 148 cm³/mol. The van der Waals surface area contributed by atoms with Crippen molar-refractivity contribution >= 4 is 32.1 Å². The molecule has 0 amide bonds. The zero-order chi connectivity index (χ0) is 28.4. The molecule has 0 saturated carbocycles. The first-order chi connectivity index (χ1) is 19.2. The molecule has 4 atom stereocenters. The minimum atomic E-state index is -4.41. The van der Waals surface area contributed by atoms with Gasteiger partial charge in [-0.2, -0.15) is 5.26 Å². The fourth-order valence-electron chi connectivity index (χ4n) is 4.96. The highest BCUT2D eigenvalue weighted by atomic mass is 32.2. The third-order valence-corrected chi connectivity index (χ3v) is 8.84. The molecule has 2 aromatic carbocycles. The molecule has 0 bridgehead atoms. The number of nitriles is 1. The number of nitrogens with one attached hydrogen (secondary N) is 1. The molecular formula is C28H31N3O8S. The maximum atomic E-state index is 13.1. The highest BCUT2D eigenvalue weighted by Gasteiger charge is 2.40. The maximum Gasteiger partial charge on any atom is 0.251 e. The Bertz CT molecular complexity index is 1550. The summed E-state index contributed by atoms with van der Waals surface area (Å²) < 4.78 is 45.0. The van der Waals surface area contributed by atoms with E-state index < -0.39 is 45.9 Å². The van der Waals surface area contributed by atoms with Gasteiger partial charge < -0.3 is 34.1 Å². The van der Waals surface area contributed by atoms with E-state index in [-0.39, 0.29) is 17.9 Å². The maximum absolute atomic E-state index is 13.1.